The van der Waals surface area contributed by atoms with Crippen molar-refractivity contribution in [3.63, 3.8) is 0 Å². The van der Waals surface area contributed by atoms with Gasteiger partial charge in [-0.15, -0.1) is 0 Å². The average molecular weight is 180 g/mol. The molecule has 3 heteroatoms. The Balaban J connectivity index is 3.04. The lowest BCUT2D eigenvalue weighted by atomic mass is 10.1. The van der Waals surface area contributed by atoms with Gasteiger partial charge in [-0.2, -0.15) is 5.26 Å². The molecule has 0 amide bonds. The first-order valence-corrected chi connectivity index (χ1v) is 3.76. The molecule has 0 aromatic heterocycles. The topological polar surface area (TPSA) is 40.9 Å². The van der Waals surface area contributed by atoms with E-state index in [0.29, 0.717) is 10.6 Å². The summed E-state index contributed by atoms with van der Waals surface area (Å²) < 4.78 is 0. The van der Waals surface area contributed by atoms with E-state index >= 15 is 0 Å². The van der Waals surface area contributed by atoms with Crippen LogP contribution in [0.1, 0.15) is 15.9 Å². The van der Waals surface area contributed by atoms with Crippen molar-refractivity contribution in [3.05, 3.63) is 34.3 Å². The van der Waals surface area contributed by atoms with Crippen LogP contribution in [0.15, 0.2) is 18.2 Å². The molecule has 0 bridgehead atoms. The SMILES string of the molecule is N#CCc1ccc(C=O)cc1Cl. The molecule has 12 heavy (non-hydrogen) atoms. The van der Waals surface area contributed by atoms with Crippen LogP contribution in [-0.2, 0) is 6.42 Å². The number of nitrogens with zero attached hydrogens (tertiary/aromatic N) is 1. The number of halogens is 1. The van der Waals surface area contributed by atoms with E-state index in [-0.39, 0.29) is 6.42 Å². The van der Waals surface area contributed by atoms with Crippen molar-refractivity contribution in [2.45, 2.75) is 6.42 Å². The highest BCUT2D eigenvalue weighted by atomic mass is 35.5. The minimum atomic E-state index is 0.276. The largest absolute Gasteiger partial charge is 0.298 e. The molecule has 0 saturated heterocycles. The van der Waals surface area contributed by atoms with Crippen LogP contribution in [-0.4, -0.2) is 6.29 Å². The minimum absolute atomic E-state index is 0.276. The van der Waals surface area contributed by atoms with Gasteiger partial charge in [0.25, 0.3) is 0 Å². The zero-order chi connectivity index (χ0) is 8.97. The van der Waals surface area contributed by atoms with Gasteiger partial charge < -0.3 is 0 Å². The first-order chi connectivity index (χ1) is 5.77. The monoisotopic (exact) mass is 179 g/mol. The minimum Gasteiger partial charge on any atom is -0.298 e. The van der Waals surface area contributed by atoms with Gasteiger partial charge in [-0.3, -0.25) is 4.79 Å². The number of hydrogen-bond donors (Lipinski definition) is 0. The molecule has 0 spiro atoms. The van der Waals surface area contributed by atoms with Crippen molar-refractivity contribution in [2.75, 3.05) is 0 Å². The predicted molar refractivity (Wildman–Crippen MR) is 46.2 cm³/mol. The zero-order valence-electron chi connectivity index (χ0n) is 6.25. The molecule has 1 aromatic carbocycles. The molecular formula is C9H6ClNO. The summed E-state index contributed by atoms with van der Waals surface area (Å²) in [6.45, 7) is 0. The highest BCUT2D eigenvalue weighted by Gasteiger charge is 1.99. The van der Waals surface area contributed by atoms with E-state index < -0.39 is 0 Å². The van der Waals surface area contributed by atoms with Gasteiger partial charge in [-0.1, -0.05) is 23.7 Å². The lowest BCUT2D eigenvalue weighted by Crippen LogP contribution is -1.86. The number of carbonyl (C=O) groups excluding carboxylic acids is 1. The molecule has 0 heterocycles. The zero-order valence-corrected chi connectivity index (χ0v) is 7.01. The van der Waals surface area contributed by atoms with Crippen LogP contribution < -0.4 is 0 Å². The summed E-state index contributed by atoms with van der Waals surface area (Å²) in [4.78, 5) is 10.3. The Morgan fingerprint density at radius 3 is 2.83 bits per heavy atom. The molecule has 0 aliphatic heterocycles. The van der Waals surface area contributed by atoms with E-state index in [1.165, 1.54) is 0 Å². The summed E-state index contributed by atoms with van der Waals surface area (Å²) >= 11 is 5.78. The lowest BCUT2D eigenvalue weighted by molar-refractivity contribution is 0.112. The molecule has 0 fully saturated rings. The van der Waals surface area contributed by atoms with Crippen LogP contribution in [0.5, 0.6) is 0 Å². The van der Waals surface area contributed by atoms with Crippen molar-refractivity contribution in [1.29, 1.82) is 5.26 Å². The van der Waals surface area contributed by atoms with E-state index in [2.05, 4.69) is 0 Å². The third kappa shape index (κ3) is 1.84. The van der Waals surface area contributed by atoms with Gasteiger partial charge in [0.1, 0.15) is 6.29 Å². The Morgan fingerprint density at radius 1 is 1.58 bits per heavy atom. The number of rotatable bonds is 2. The van der Waals surface area contributed by atoms with Crippen molar-refractivity contribution in [2.24, 2.45) is 0 Å². The molecule has 0 N–H and O–H groups in total. The van der Waals surface area contributed by atoms with E-state index in [0.717, 1.165) is 11.8 Å². The van der Waals surface area contributed by atoms with Gasteiger partial charge in [0, 0.05) is 10.6 Å². The summed E-state index contributed by atoms with van der Waals surface area (Å²) in [7, 11) is 0. The fraction of sp³-hybridized carbons (Fsp3) is 0.111. The van der Waals surface area contributed by atoms with Crippen LogP contribution in [0.2, 0.25) is 5.02 Å². The van der Waals surface area contributed by atoms with Crippen molar-refractivity contribution in [1.82, 2.24) is 0 Å². The highest BCUT2D eigenvalue weighted by Crippen LogP contribution is 2.17. The summed E-state index contributed by atoms with van der Waals surface area (Å²) in [5, 5.41) is 8.87. The second kappa shape index (κ2) is 3.89. The lowest BCUT2D eigenvalue weighted by Gasteiger charge is -1.98. The van der Waals surface area contributed by atoms with Crippen LogP contribution in [0.4, 0.5) is 0 Å². The molecule has 0 saturated carbocycles. The fourth-order valence-corrected chi connectivity index (χ4v) is 1.12. The van der Waals surface area contributed by atoms with Gasteiger partial charge in [0.15, 0.2) is 0 Å². The first kappa shape index (κ1) is 8.76. The number of hydrogen-bond acceptors (Lipinski definition) is 2. The van der Waals surface area contributed by atoms with Crippen molar-refractivity contribution >= 4 is 17.9 Å². The van der Waals surface area contributed by atoms with Gasteiger partial charge in [-0.25, -0.2) is 0 Å². The molecule has 0 aliphatic carbocycles. The Morgan fingerprint density at radius 2 is 2.33 bits per heavy atom. The maximum Gasteiger partial charge on any atom is 0.150 e. The Hall–Kier alpha value is -1.33. The number of carbonyl (C=O) groups is 1. The second-order valence-corrected chi connectivity index (χ2v) is 2.71. The molecule has 2 nitrogen and oxygen atoms in total. The first-order valence-electron chi connectivity index (χ1n) is 3.38. The van der Waals surface area contributed by atoms with E-state index in [1.807, 2.05) is 6.07 Å². The van der Waals surface area contributed by atoms with Crippen LogP contribution in [0, 0.1) is 11.3 Å². The molecule has 0 radical (unpaired) electrons. The maximum atomic E-state index is 10.3. The fourth-order valence-electron chi connectivity index (χ4n) is 0.865. The van der Waals surface area contributed by atoms with E-state index in [9.17, 15) is 4.79 Å². The average Bonchev–Trinajstić information content (AvgIpc) is 2.09. The summed E-state index contributed by atoms with van der Waals surface area (Å²) in [5.74, 6) is 0. The normalized spacial score (nSPS) is 9.00. The molecule has 60 valence electrons. The number of aldehydes is 1. The van der Waals surface area contributed by atoms with Gasteiger partial charge in [0.2, 0.25) is 0 Å². The quantitative estimate of drug-likeness (QED) is 0.654. The second-order valence-electron chi connectivity index (χ2n) is 2.30. The number of nitriles is 1. The van der Waals surface area contributed by atoms with Crippen LogP contribution in [0.25, 0.3) is 0 Å². The summed E-state index contributed by atoms with van der Waals surface area (Å²) in [5.41, 5.74) is 1.28. The number of benzene rings is 1. The third-order valence-electron chi connectivity index (χ3n) is 1.48. The molecule has 1 rings (SSSR count). The van der Waals surface area contributed by atoms with Gasteiger partial charge in [0.05, 0.1) is 12.5 Å². The van der Waals surface area contributed by atoms with Gasteiger partial charge >= 0.3 is 0 Å². The molecule has 1 aromatic rings. The highest BCUT2D eigenvalue weighted by molar-refractivity contribution is 6.31. The van der Waals surface area contributed by atoms with Crippen molar-refractivity contribution in [3.8, 4) is 6.07 Å². The third-order valence-corrected chi connectivity index (χ3v) is 1.83. The standard InChI is InChI=1S/C9H6ClNO/c10-9-5-7(6-12)1-2-8(9)3-4-11/h1-2,5-6H,3H2. The Labute approximate surface area is 75.4 Å². The van der Waals surface area contributed by atoms with E-state index in [4.69, 9.17) is 16.9 Å². The maximum absolute atomic E-state index is 10.3. The Bertz CT molecular complexity index is 341. The van der Waals surface area contributed by atoms with Crippen molar-refractivity contribution < 1.29 is 4.79 Å². The molecular weight excluding hydrogens is 174 g/mol. The Kier molecular flexibility index (Phi) is 2.84. The summed E-state index contributed by atoms with van der Waals surface area (Å²) in [6.07, 6.45) is 1.00. The van der Waals surface area contributed by atoms with Crippen LogP contribution >= 0.6 is 11.6 Å². The van der Waals surface area contributed by atoms with Gasteiger partial charge in [-0.05, 0) is 11.6 Å². The molecule has 0 unspecified atom stereocenters. The van der Waals surface area contributed by atoms with E-state index in [1.54, 1.807) is 18.2 Å². The predicted octanol–water partition coefficient (Wildman–Crippen LogP) is 2.22. The molecule has 0 aliphatic rings. The smallest absolute Gasteiger partial charge is 0.150 e. The molecule has 0 atom stereocenters. The summed E-state index contributed by atoms with van der Waals surface area (Å²) in [6, 6.07) is 6.88. The van der Waals surface area contributed by atoms with Crippen LogP contribution in [0.3, 0.4) is 0 Å².